The van der Waals surface area contributed by atoms with Gasteiger partial charge in [0.2, 0.25) is 0 Å². The van der Waals surface area contributed by atoms with Gasteiger partial charge in [-0.05, 0) is 6.07 Å². The fourth-order valence-electron chi connectivity index (χ4n) is 1.60. The Balaban J connectivity index is 2.34. The van der Waals surface area contributed by atoms with E-state index >= 15 is 0 Å². The molecule has 0 saturated carbocycles. The lowest BCUT2D eigenvalue weighted by Crippen LogP contribution is -2.11. The summed E-state index contributed by atoms with van der Waals surface area (Å²) in [5.41, 5.74) is 0.256. The zero-order chi connectivity index (χ0) is 14.2. The Kier molecular flexibility index (Phi) is 3.47. The molecule has 0 amide bonds. The van der Waals surface area contributed by atoms with E-state index in [1.165, 1.54) is 23.7 Å². The smallest absolute Gasteiger partial charge is 0.339 e. The normalized spacial score (nSPS) is 13.5. The highest BCUT2D eigenvalue weighted by molar-refractivity contribution is 7.09. The number of nitrogens with zero attached hydrogens (tertiary/aromatic N) is 1. The molecule has 2 N–H and O–H groups in total. The number of aromatic nitrogens is 1. The highest BCUT2D eigenvalue weighted by Gasteiger charge is 2.26. The van der Waals surface area contributed by atoms with Crippen molar-refractivity contribution >= 4 is 17.3 Å². The summed E-state index contributed by atoms with van der Waals surface area (Å²) in [6.45, 7) is 6.08. The number of furan rings is 1. The van der Waals surface area contributed by atoms with E-state index in [0.717, 1.165) is 5.01 Å². The Morgan fingerprint density at radius 1 is 1.47 bits per heavy atom. The first kappa shape index (κ1) is 13.8. The van der Waals surface area contributed by atoms with Crippen molar-refractivity contribution < 1.29 is 19.4 Å². The molecular formula is C13H15NO4S. The molecule has 0 radical (unpaired) electrons. The van der Waals surface area contributed by atoms with E-state index in [1.54, 1.807) is 5.38 Å². The number of thiazole rings is 1. The highest BCUT2D eigenvalue weighted by atomic mass is 32.1. The van der Waals surface area contributed by atoms with Crippen molar-refractivity contribution in [3.05, 3.63) is 39.7 Å². The van der Waals surface area contributed by atoms with Crippen LogP contribution in [0, 0.1) is 0 Å². The number of hydrogen-bond acceptors (Lipinski definition) is 5. The summed E-state index contributed by atoms with van der Waals surface area (Å²) in [6, 6.07) is 1.32. The molecule has 0 spiro atoms. The lowest BCUT2D eigenvalue weighted by atomic mass is 9.98. The maximum Gasteiger partial charge on any atom is 0.339 e. The van der Waals surface area contributed by atoms with Crippen LogP contribution in [0.3, 0.4) is 0 Å². The van der Waals surface area contributed by atoms with E-state index in [2.05, 4.69) is 4.98 Å². The van der Waals surface area contributed by atoms with Crippen molar-refractivity contribution in [2.45, 2.75) is 32.3 Å². The molecule has 0 aromatic carbocycles. The number of carbonyl (C=O) groups is 1. The molecule has 6 heteroatoms. The minimum atomic E-state index is -1.16. The number of aromatic carboxylic acids is 1. The van der Waals surface area contributed by atoms with Crippen molar-refractivity contribution in [2.24, 2.45) is 0 Å². The number of aliphatic hydroxyl groups excluding tert-OH is 1. The van der Waals surface area contributed by atoms with Crippen LogP contribution in [0.25, 0.3) is 0 Å². The largest absolute Gasteiger partial charge is 0.478 e. The Morgan fingerprint density at radius 2 is 2.16 bits per heavy atom. The predicted octanol–water partition coefficient (Wildman–Crippen LogP) is 2.81. The Bertz CT molecular complexity index is 594. The molecule has 0 aliphatic rings. The van der Waals surface area contributed by atoms with Gasteiger partial charge in [-0.2, -0.15) is 0 Å². The molecule has 1 atom stereocenters. The van der Waals surface area contributed by atoms with E-state index in [1.807, 2.05) is 20.8 Å². The third-order valence-corrected chi connectivity index (χ3v) is 3.90. The van der Waals surface area contributed by atoms with E-state index in [0.29, 0.717) is 5.69 Å². The first-order valence-electron chi connectivity index (χ1n) is 5.75. The maximum atomic E-state index is 11.0. The molecule has 0 aliphatic heterocycles. The van der Waals surface area contributed by atoms with Crippen molar-refractivity contribution in [3.8, 4) is 0 Å². The van der Waals surface area contributed by atoms with E-state index in [-0.39, 0.29) is 16.7 Å². The zero-order valence-corrected chi connectivity index (χ0v) is 11.7. The Labute approximate surface area is 114 Å². The average molecular weight is 281 g/mol. The number of hydrogen-bond donors (Lipinski definition) is 2. The second kappa shape index (κ2) is 4.79. The molecule has 0 bridgehead atoms. The van der Waals surface area contributed by atoms with Crippen LogP contribution in [0.5, 0.6) is 0 Å². The summed E-state index contributed by atoms with van der Waals surface area (Å²) in [7, 11) is 0. The topological polar surface area (TPSA) is 83.6 Å². The van der Waals surface area contributed by atoms with Gasteiger partial charge in [0, 0.05) is 10.8 Å². The zero-order valence-electron chi connectivity index (χ0n) is 10.9. The van der Waals surface area contributed by atoms with E-state index in [4.69, 9.17) is 9.52 Å². The molecular weight excluding hydrogens is 266 g/mol. The van der Waals surface area contributed by atoms with Gasteiger partial charge in [0.05, 0.1) is 17.0 Å². The number of rotatable bonds is 3. The molecule has 0 aliphatic carbocycles. The molecule has 2 aromatic heterocycles. The van der Waals surface area contributed by atoms with Gasteiger partial charge in [0.15, 0.2) is 11.9 Å². The van der Waals surface area contributed by atoms with Gasteiger partial charge in [-0.3, -0.25) is 0 Å². The van der Waals surface area contributed by atoms with Crippen LogP contribution < -0.4 is 0 Å². The number of carboxylic acid groups (broad SMARTS) is 1. The average Bonchev–Trinajstić information content (AvgIpc) is 2.96. The number of carboxylic acids is 1. The Morgan fingerprint density at radius 3 is 2.68 bits per heavy atom. The summed E-state index contributed by atoms with van der Waals surface area (Å²) in [5, 5.41) is 21.8. The summed E-state index contributed by atoms with van der Waals surface area (Å²) in [4.78, 5) is 15.3. The fourth-order valence-corrected chi connectivity index (χ4v) is 2.53. The van der Waals surface area contributed by atoms with E-state index in [9.17, 15) is 9.90 Å². The molecule has 0 saturated heterocycles. The second-order valence-corrected chi connectivity index (χ2v) is 6.09. The van der Waals surface area contributed by atoms with Crippen LogP contribution in [-0.2, 0) is 5.41 Å². The quantitative estimate of drug-likeness (QED) is 0.903. The van der Waals surface area contributed by atoms with Crippen LogP contribution in [0.1, 0.15) is 53.7 Å². The van der Waals surface area contributed by atoms with Gasteiger partial charge in [-0.1, -0.05) is 20.8 Å². The third kappa shape index (κ3) is 2.69. The van der Waals surface area contributed by atoms with Gasteiger partial charge < -0.3 is 14.6 Å². The number of aliphatic hydroxyl groups is 1. The molecule has 2 heterocycles. The molecule has 2 aromatic rings. The minimum absolute atomic E-state index is 0.0123. The maximum absolute atomic E-state index is 11.0. The minimum Gasteiger partial charge on any atom is -0.478 e. The first-order chi connectivity index (χ1) is 8.80. The summed E-state index contributed by atoms with van der Waals surface area (Å²) >= 11 is 1.44. The molecule has 5 nitrogen and oxygen atoms in total. The van der Waals surface area contributed by atoms with Gasteiger partial charge in [-0.25, -0.2) is 9.78 Å². The standard InChI is InChI=1S/C13H15NO4S/c1-13(2,3)12-14-8(6-19-12)9(15)10-7(11(16)17)4-5-18-10/h4-6,9,15H,1-3H3,(H,16,17). The molecule has 0 fully saturated rings. The predicted molar refractivity (Wildman–Crippen MR) is 70.5 cm³/mol. The van der Waals surface area contributed by atoms with Crippen LogP contribution in [0.15, 0.2) is 22.1 Å². The van der Waals surface area contributed by atoms with Gasteiger partial charge in [0.25, 0.3) is 0 Å². The summed E-state index contributed by atoms with van der Waals surface area (Å²) < 4.78 is 5.07. The third-order valence-electron chi connectivity index (χ3n) is 2.62. The van der Waals surface area contributed by atoms with Gasteiger partial charge in [-0.15, -0.1) is 11.3 Å². The Hall–Kier alpha value is -1.66. The summed E-state index contributed by atoms with van der Waals surface area (Å²) in [5.74, 6) is -1.12. The van der Waals surface area contributed by atoms with Crippen LogP contribution in [0.2, 0.25) is 0 Å². The van der Waals surface area contributed by atoms with Gasteiger partial charge >= 0.3 is 5.97 Å². The monoisotopic (exact) mass is 281 g/mol. The highest BCUT2D eigenvalue weighted by Crippen LogP contribution is 2.31. The van der Waals surface area contributed by atoms with Crippen molar-refractivity contribution in [1.82, 2.24) is 4.98 Å². The van der Waals surface area contributed by atoms with Crippen LogP contribution in [0.4, 0.5) is 0 Å². The van der Waals surface area contributed by atoms with Gasteiger partial charge in [0.1, 0.15) is 5.56 Å². The lowest BCUT2D eigenvalue weighted by molar-refractivity contribution is 0.0687. The van der Waals surface area contributed by atoms with Crippen molar-refractivity contribution in [1.29, 1.82) is 0 Å². The van der Waals surface area contributed by atoms with Crippen LogP contribution in [-0.4, -0.2) is 21.2 Å². The molecule has 1 unspecified atom stereocenters. The first-order valence-corrected chi connectivity index (χ1v) is 6.63. The van der Waals surface area contributed by atoms with Crippen molar-refractivity contribution in [2.75, 3.05) is 0 Å². The summed E-state index contributed by atoms with van der Waals surface area (Å²) in [6.07, 6.45) is 0.0902. The molecule has 19 heavy (non-hydrogen) atoms. The van der Waals surface area contributed by atoms with Crippen molar-refractivity contribution in [3.63, 3.8) is 0 Å². The van der Waals surface area contributed by atoms with Crippen LogP contribution >= 0.6 is 11.3 Å². The molecule has 2 rings (SSSR count). The molecule has 102 valence electrons. The van der Waals surface area contributed by atoms with E-state index < -0.39 is 12.1 Å². The second-order valence-electron chi connectivity index (χ2n) is 5.23. The fraction of sp³-hybridized carbons (Fsp3) is 0.385. The SMILES string of the molecule is CC(C)(C)c1nc(C(O)c2occc2C(=O)O)cs1. The lowest BCUT2D eigenvalue weighted by Gasteiger charge is -2.14.